The van der Waals surface area contributed by atoms with Crippen molar-refractivity contribution in [1.29, 1.82) is 0 Å². The maximum Gasteiger partial charge on any atom is 0.326 e. The molecule has 0 aromatic carbocycles. The lowest BCUT2D eigenvalue weighted by atomic mass is 10.1. The molecule has 0 aliphatic heterocycles. The summed E-state index contributed by atoms with van der Waals surface area (Å²) in [7, 11) is 0. The van der Waals surface area contributed by atoms with E-state index in [9.17, 15) is 14.7 Å². The predicted molar refractivity (Wildman–Crippen MR) is 123 cm³/mol. The van der Waals surface area contributed by atoms with Crippen molar-refractivity contribution in [3.63, 3.8) is 0 Å². The van der Waals surface area contributed by atoms with Crippen LogP contribution in [0.4, 0.5) is 0 Å². The Hall–Kier alpha value is -1.95. The van der Waals surface area contributed by atoms with E-state index in [2.05, 4.69) is 57.8 Å². The van der Waals surface area contributed by atoms with Crippen LogP contribution in [0.3, 0.4) is 0 Å². The zero-order chi connectivity index (χ0) is 22.2. The van der Waals surface area contributed by atoms with Gasteiger partial charge in [-0.3, -0.25) is 4.79 Å². The van der Waals surface area contributed by atoms with Crippen LogP contribution < -0.4 is 5.32 Å². The van der Waals surface area contributed by atoms with Crippen LogP contribution in [0.15, 0.2) is 47.2 Å². The number of carboxylic acids is 2. The molecule has 1 unspecified atom stereocenters. The molecule has 0 aromatic heterocycles. The second-order valence-corrected chi connectivity index (χ2v) is 8.60. The highest BCUT2D eigenvalue weighted by Gasteiger charge is 2.17. The normalized spacial score (nSPS) is 13.0. The van der Waals surface area contributed by atoms with Gasteiger partial charge in [0.2, 0.25) is 0 Å². The summed E-state index contributed by atoms with van der Waals surface area (Å²) in [6, 6.07) is -0.763. The number of nitrogens with one attached hydrogen (secondary N) is 1. The molecule has 5 nitrogen and oxygen atoms in total. The van der Waals surface area contributed by atoms with E-state index in [1.165, 1.54) is 28.5 Å². The fourth-order valence-corrected chi connectivity index (χ4v) is 3.48. The third-order valence-corrected chi connectivity index (χ3v) is 5.25. The van der Waals surface area contributed by atoms with Gasteiger partial charge in [-0.15, -0.1) is 0 Å². The van der Waals surface area contributed by atoms with Crippen molar-refractivity contribution in [2.24, 2.45) is 0 Å². The van der Waals surface area contributed by atoms with Crippen LogP contribution in [0.25, 0.3) is 0 Å². The number of hydrogen-bond acceptors (Lipinski definition) is 4. The Morgan fingerprint density at radius 1 is 0.931 bits per heavy atom. The average molecular weight is 424 g/mol. The van der Waals surface area contributed by atoms with Crippen LogP contribution in [0.2, 0.25) is 0 Å². The molecular formula is C23H37NO4S. The maximum absolute atomic E-state index is 11.4. The van der Waals surface area contributed by atoms with Crippen LogP contribution in [0.5, 0.6) is 0 Å². The summed E-state index contributed by atoms with van der Waals surface area (Å²) < 4.78 is 0. The van der Waals surface area contributed by atoms with Gasteiger partial charge >= 0.3 is 11.9 Å². The quantitative estimate of drug-likeness (QED) is 0.222. The molecule has 6 heteroatoms. The minimum absolute atomic E-state index is 0.0594. The zero-order valence-corrected chi connectivity index (χ0v) is 19.1. The van der Waals surface area contributed by atoms with E-state index in [1.807, 2.05) is 0 Å². The summed E-state index contributed by atoms with van der Waals surface area (Å²) in [5.41, 5.74) is 4.53. The Morgan fingerprint density at radius 2 is 1.52 bits per heavy atom. The molecule has 164 valence electrons. The van der Waals surface area contributed by atoms with Gasteiger partial charge in [0.25, 0.3) is 0 Å². The van der Waals surface area contributed by atoms with Gasteiger partial charge in [0.15, 0.2) is 0 Å². The summed E-state index contributed by atoms with van der Waals surface area (Å²) in [5, 5.41) is 20.8. The smallest absolute Gasteiger partial charge is 0.326 e. The van der Waals surface area contributed by atoms with Gasteiger partial charge < -0.3 is 15.5 Å². The largest absolute Gasteiger partial charge is 0.481 e. The third kappa shape index (κ3) is 16.7. The maximum atomic E-state index is 11.4. The van der Waals surface area contributed by atoms with Gasteiger partial charge in [-0.25, -0.2) is 4.79 Å². The van der Waals surface area contributed by atoms with Crippen LogP contribution >= 0.6 is 11.8 Å². The Labute approximate surface area is 180 Å². The van der Waals surface area contributed by atoms with E-state index < -0.39 is 18.0 Å². The van der Waals surface area contributed by atoms with Crippen LogP contribution in [0, 0.1) is 0 Å². The first-order chi connectivity index (χ1) is 13.6. The molecule has 0 fully saturated rings. The molecule has 0 amide bonds. The Balaban J connectivity index is 4.20. The zero-order valence-electron chi connectivity index (χ0n) is 18.3. The molecule has 0 heterocycles. The van der Waals surface area contributed by atoms with Crippen molar-refractivity contribution in [1.82, 2.24) is 5.32 Å². The van der Waals surface area contributed by atoms with E-state index in [4.69, 9.17) is 5.11 Å². The lowest BCUT2D eigenvalue weighted by Crippen LogP contribution is -2.38. The van der Waals surface area contributed by atoms with Crippen molar-refractivity contribution in [3.8, 4) is 0 Å². The van der Waals surface area contributed by atoms with E-state index in [-0.39, 0.29) is 12.8 Å². The first kappa shape index (κ1) is 27.0. The number of allylic oxidation sites excluding steroid dienone is 6. The summed E-state index contributed by atoms with van der Waals surface area (Å²) in [5.74, 6) is -0.729. The number of rotatable bonds is 16. The van der Waals surface area contributed by atoms with Gasteiger partial charge in [-0.05, 0) is 59.8 Å². The van der Waals surface area contributed by atoms with Gasteiger partial charge in [0.1, 0.15) is 6.04 Å². The highest BCUT2D eigenvalue weighted by atomic mass is 32.2. The van der Waals surface area contributed by atoms with E-state index in [0.717, 1.165) is 31.4 Å². The van der Waals surface area contributed by atoms with Crippen LogP contribution in [-0.2, 0) is 9.59 Å². The molecule has 0 radical (unpaired) electrons. The SMILES string of the molecule is C=C(CCC(=O)O)NC(CSC/C=C(\C)CC/C=C(\C)CCC=C(C)C)C(=O)O. The summed E-state index contributed by atoms with van der Waals surface area (Å²) in [6.45, 7) is 12.2. The van der Waals surface area contributed by atoms with Crippen molar-refractivity contribution >= 4 is 23.7 Å². The minimum Gasteiger partial charge on any atom is -0.481 e. The molecule has 29 heavy (non-hydrogen) atoms. The molecule has 0 aliphatic carbocycles. The molecule has 0 saturated heterocycles. The number of aliphatic carboxylic acids is 2. The van der Waals surface area contributed by atoms with Crippen molar-refractivity contribution in [3.05, 3.63) is 47.2 Å². The first-order valence-corrected chi connectivity index (χ1v) is 11.2. The first-order valence-electron chi connectivity index (χ1n) is 10.0. The topological polar surface area (TPSA) is 86.6 Å². The van der Waals surface area contributed by atoms with Gasteiger partial charge in [0.05, 0.1) is 6.42 Å². The Kier molecular flexibility index (Phi) is 14.8. The molecular weight excluding hydrogens is 386 g/mol. The number of carbonyl (C=O) groups is 2. The second kappa shape index (κ2) is 15.9. The van der Waals surface area contributed by atoms with E-state index in [0.29, 0.717) is 11.4 Å². The fraction of sp³-hybridized carbons (Fsp3) is 0.565. The van der Waals surface area contributed by atoms with Gasteiger partial charge in [-0.1, -0.05) is 41.5 Å². The van der Waals surface area contributed by atoms with E-state index in [1.54, 1.807) is 0 Å². The average Bonchev–Trinajstić information content (AvgIpc) is 2.61. The van der Waals surface area contributed by atoms with Crippen LogP contribution in [0.1, 0.15) is 66.2 Å². The Morgan fingerprint density at radius 3 is 2.07 bits per heavy atom. The summed E-state index contributed by atoms with van der Waals surface area (Å²) in [6.07, 6.45) is 11.1. The molecule has 0 aliphatic rings. The lowest BCUT2D eigenvalue weighted by Gasteiger charge is -2.16. The summed E-state index contributed by atoms with van der Waals surface area (Å²) >= 11 is 1.54. The molecule has 1 atom stereocenters. The predicted octanol–water partition coefficient (Wildman–Crippen LogP) is 5.56. The van der Waals surface area contributed by atoms with Crippen molar-refractivity contribution < 1.29 is 19.8 Å². The highest BCUT2D eigenvalue weighted by molar-refractivity contribution is 7.99. The van der Waals surface area contributed by atoms with Gasteiger partial charge in [0, 0.05) is 17.2 Å². The molecule has 0 saturated carbocycles. The molecule has 0 rings (SSSR count). The lowest BCUT2D eigenvalue weighted by molar-refractivity contribution is -0.138. The second-order valence-electron chi connectivity index (χ2n) is 7.53. The van der Waals surface area contributed by atoms with E-state index >= 15 is 0 Å². The Bertz CT molecular complexity index is 631. The molecule has 0 spiro atoms. The highest BCUT2D eigenvalue weighted by Crippen LogP contribution is 2.13. The number of hydrogen-bond donors (Lipinski definition) is 3. The molecule has 0 aromatic rings. The third-order valence-electron chi connectivity index (χ3n) is 4.27. The van der Waals surface area contributed by atoms with Crippen LogP contribution in [-0.4, -0.2) is 39.7 Å². The number of thioether (sulfide) groups is 1. The minimum atomic E-state index is -0.955. The molecule has 0 bridgehead atoms. The van der Waals surface area contributed by atoms with Crippen molar-refractivity contribution in [2.75, 3.05) is 11.5 Å². The van der Waals surface area contributed by atoms with Crippen molar-refractivity contribution in [2.45, 2.75) is 72.3 Å². The summed E-state index contributed by atoms with van der Waals surface area (Å²) in [4.78, 5) is 21.9. The monoisotopic (exact) mass is 423 g/mol. The fourth-order valence-electron chi connectivity index (χ4n) is 2.48. The standard InChI is InChI=1S/C23H37NO4S/c1-17(2)8-6-9-18(3)10-7-11-19(4)14-15-29-16-21(23(27)28)24-20(5)12-13-22(25)26/h8,10,14,21,24H,5-7,9,11-13,15-16H2,1-4H3,(H,25,26)(H,27,28)/b18-10+,19-14+. The van der Waals surface area contributed by atoms with Gasteiger partial charge in [-0.2, -0.15) is 11.8 Å². The molecule has 3 N–H and O–H groups in total. The number of carboxylic acid groups (broad SMARTS) is 2.